The summed E-state index contributed by atoms with van der Waals surface area (Å²) in [4.78, 5) is 1.81. The van der Waals surface area contributed by atoms with Gasteiger partial charge in [-0.2, -0.15) is 13.2 Å². The van der Waals surface area contributed by atoms with E-state index < -0.39 is 17.2 Å². The molecule has 5 heteroatoms. The van der Waals surface area contributed by atoms with Crippen molar-refractivity contribution in [3.05, 3.63) is 29.3 Å². The summed E-state index contributed by atoms with van der Waals surface area (Å²) in [7, 11) is 3.64. The second kappa shape index (κ2) is 4.71. The quantitative estimate of drug-likeness (QED) is 0.916. The monoisotopic (exact) mass is 272 g/mol. The predicted molar refractivity (Wildman–Crippen MR) is 70.4 cm³/mol. The minimum atomic E-state index is -4.32. The number of alkyl halides is 3. The van der Waals surface area contributed by atoms with Crippen LogP contribution in [0.15, 0.2) is 18.2 Å². The van der Waals surface area contributed by atoms with Gasteiger partial charge in [0.05, 0.1) is 5.56 Å². The number of nitrogens with zero attached hydrogens (tertiary/aromatic N) is 1. The normalized spacial score (nSPS) is 18.0. The van der Waals surface area contributed by atoms with Crippen molar-refractivity contribution in [3.8, 4) is 0 Å². The molecule has 1 aliphatic carbocycles. The minimum Gasteiger partial charge on any atom is -0.378 e. The van der Waals surface area contributed by atoms with E-state index in [9.17, 15) is 13.2 Å². The van der Waals surface area contributed by atoms with E-state index in [-0.39, 0.29) is 6.54 Å². The maximum Gasteiger partial charge on any atom is 0.416 e. The van der Waals surface area contributed by atoms with Crippen LogP contribution in [-0.2, 0) is 11.6 Å². The molecular weight excluding hydrogens is 253 g/mol. The van der Waals surface area contributed by atoms with Crippen molar-refractivity contribution in [2.24, 2.45) is 5.73 Å². The fourth-order valence-electron chi connectivity index (χ4n) is 2.68. The molecule has 2 rings (SSSR count). The molecule has 0 radical (unpaired) electrons. The Bertz CT molecular complexity index is 457. The average molecular weight is 272 g/mol. The first-order valence-corrected chi connectivity index (χ1v) is 6.39. The number of halogens is 3. The van der Waals surface area contributed by atoms with E-state index in [4.69, 9.17) is 5.73 Å². The van der Waals surface area contributed by atoms with Gasteiger partial charge in [-0.15, -0.1) is 0 Å². The molecule has 2 N–H and O–H groups in total. The van der Waals surface area contributed by atoms with Gasteiger partial charge in [-0.05, 0) is 36.6 Å². The molecule has 0 saturated heterocycles. The van der Waals surface area contributed by atoms with Crippen LogP contribution in [0.1, 0.15) is 30.4 Å². The zero-order valence-corrected chi connectivity index (χ0v) is 11.2. The standard InChI is InChI=1S/C14H19F3N2/c1-19(2)10-4-5-11(14(15,16)17)12(8-10)13(9-18)6-3-7-13/h4-5,8H,3,6-7,9,18H2,1-2H3. The number of hydrogen-bond acceptors (Lipinski definition) is 2. The lowest BCUT2D eigenvalue weighted by Crippen LogP contribution is -2.43. The van der Waals surface area contributed by atoms with Crippen LogP contribution in [-0.4, -0.2) is 20.6 Å². The molecule has 1 saturated carbocycles. The topological polar surface area (TPSA) is 29.3 Å². The summed E-state index contributed by atoms with van der Waals surface area (Å²) in [5.74, 6) is 0. The van der Waals surface area contributed by atoms with Crippen molar-refractivity contribution < 1.29 is 13.2 Å². The van der Waals surface area contributed by atoms with E-state index in [1.807, 2.05) is 19.0 Å². The predicted octanol–water partition coefficient (Wildman–Crippen LogP) is 3.15. The molecule has 0 amide bonds. The molecule has 0 atom stereocenters. The van der Waals surface area contributed by atoms with Crippen molar-refractivity contribution in [1.82, 2.24) is 0 Å². The lowest BCUT2D eigenvalue weighted by molar-refractivity contribution is -0.139. The van der Waals surface area contributed by atoms with E-state index in [2.05, 4.69) is 0 Å². The van der Waals surface area contributed by atoms with Gasteiger partial charge in [0.25, 0.3) is 0 Å². The summed E-state index contributed by atoms with van der Waals surface area (Å²) in [5, 5.41) is 0. The van der Waals surface area contributed by atoms with Crippen molar-refractivity contribution in [2.45, 2.75) is 30.9 Å². The molecule has 0 aliphatic heterocycles. The van der Waals surface area contributed by atoms with E-state index >= 15 is 0 Å². The first-order valence-electron chi connectivity index (χ1n) is 6.39. The van der Waals surface area contributed by atoms with Crippen molar-refractivity contribution in [1.29, 1.82) is 0 Å². The van der Waals surface area contributed by atoms with Crippen LogP contribution in [0.2, 0.25) is 0 Å². The highest BCUT2D eigenvalue weighted by Gasteiger charge is 2.44. The highest BCUT2D eigenvalue weighted by molar-refractivity contribution is 5.53. The second-order valence-electron chi connectivity index (χ2n) is 5.46. The Kier molecular flexibility index (Phi) is 3.51. The van der Waals surface area contributed by atoms with Crippen LogP contribution >= 0.6 is 0 Å². The summed E-state index contributed by atoms with van der Waals surface area (Å²) in [6.07, 6.45) is -1.90. The third-order valence-corrected chi connectivity index (χ3v) is 4.10. The Morgan fingerprint density at radius 3 is 2.26 bits per heavy atom. The molecule has 1 fully saturated rings. The van der Waals surface area contributed by atoms with Crippen molar-refractivity contribution >= 4 is 5.69 Å². The van der Waals surface area contributed by atoms with Gasteiger partial charge in [-0.3, -0.25) is 0 Å². The third-order valence-electron chi connectivity index (χ3n) is 4.10. The average Bonchev–Trinajstić information content (AvgIpc) is 2.26. The molecule has 106 valence electrons. The number of anilines is 1. The molecule has 1 aromatic carbocycles. The Hall–Kier alpha value is -1.23. The molecule has 1 aromatic rings. The van der Waals surface area contributed by atoms with Gasteiger partial charge in [0.2, 0.25) is 0 Å². The van der Waals surface area contributed by atoms with Crippen LogP contribution in [0.3, 0.4) is 0 Å². The van der Waals surface area contributed by atoms with E-state index in [0.717, 1.165) is 24.9 Å². The second-order valence-corrected chi connectivity index (χ2v) is 5.46. The summed E-state index contributed by atoms with van der Waals surface area (Å²) in [6.45, 7) is 0.271. The molecule has 1 aliphatic rings. The van der Waals surface area contributed by atoms with Crippen molar-refractivity contribution in [2.75, 3.05) is 25.5 Å². The Balaban J connectivity index is 2.56. The maximum absolute atomic E-state index is 13.2. The van der Waals surface area contributed by atoms with Crippen LogP contribution in [0.4, 0.5) is 18.9 Å². The van der Waals surface area contributed by atoms with Crippen LogP contribution in [0.5, 0.6) is 0 Å². The lowest BCUT2D eigenvalue weighted by atomic mass is 9.63. The summed E-state index contributed by atoms with van der Waals surface area (Å²) >= 11 is 0. The van der Waals surface area contributed by atoms with Crippen LogP contribution in [0, 0.1) is 0 Å². The van der Waals surface area contributed by atoms with Gasteiger partial charge >= 0.3 is 6.18 Å². The van der Waals surface area contributed by atoms with Crippen LogP contribution in [0.25, 0.3) is 0 Å². The zero-order chi connectivity index (χ0) is 14.3. The highest BCUT2D eigenvalue weighted by atomic mass is 19.4. The molecule has 0 bridgehead atoms. The Morgan fingerprint density at radius 1 is 1.26 bits per heavy atom. The summed E-state index contributed by atoms with van der Waals surface area (Å²) in [5.41, 5.74) is 5.87. The van der Waals surface area contributed by atoms with E-state index in [0.29, 0.717) is 5.56 Å². The van der Waals surface area contributed by atoms with Crippen LogP contribution < -0.4 is 10.6 Å². The van der Waals surface area contributed by atoms with Gasteiger partial charge < -0.3 is 10.6 Å². The van der Waals surface area contributed by atoms with Gasteiger partial charge in [0.15, 0.2) is 0 Å². The molecule has 0 aromatic heterocycles. The molecule has 0 unspecified atom stereocenters. The van der Waals surface area contributed by atoms with E-state index in [1.54, 1.807) is 6.07 Å². The molecule has 19 heavy (non-hydrogen) atoms. The van der Waals surface area contributed by atoms with Gasteiger partial charge in [0.1, 0.15) is 0 Å². The zero-order valence-electron chi connectivity index (χ0n) is 11.2. The first kappa shape index (κ1) is 14.2. The fourth-order valence-corrected chi connectivity index (χ4v) is 2.68. The highest BCUT2D eigenvalue weighted by Crippen LogP contribution is 2.48. The van der Waals surface area contributed by atoms with Crippen molar-refractivity contribution in [3.63, 3.8) is 0 Å². The fraction of sp³-hybridized carbons (Fsp3) is 0.571. The number of benzene rings is 1. The molecule has 2 nitrogen and oxygen atoms in total. The van der Waals surface area contributed by atoms with E-state index in [1.165, 1.54) is 12.1 Å². The first-order chi connectivity index (χ1) is 8.80. The smallest absolute Gasteiger partial charge is 0.378 e. The Morgan fingerprint density at radius 2 is 1.89 bits per heavy atom. The molecule has 0 heterocycles. The van der Waals surface area contributed by atoms with Gasteiger partial charge in [0, 0.05) is 31.7 Å². The maximum atomic E-state index is 13.2. The van der Waals surface area contributed by atoms with Gasteiger partial charge in [-0.25, -0.2) is 0 Å². The summed E-state index contributed by atoms with van der Waals surface area (Å²) in [6, 6.07) is 4.34. The lowest BCUT2D eigenvalue weighted by Gasteiger charge is -2.43. The molecule has 0 spiro atoms. The summed E-state index contributed by atoms with van der Waals surface area (Å²) < 4.78 is 39.5. The minimum absolute atomic E-state index is 0.271. The molecular formula is C14H19F3N2. The number of hydrogen-bond donors (Lipinski definition) is 1. The third kappa shape index (κ3) is 2.43. The number of rotatable bonds is 3. The van der Waals surface area contributed by atoms with Gasteiger partial charge in [-0.1, -0.05) is 6.42 Å². The number of nitrogens with two attached hydrogens (primary N) is 1. The SMILES string of the molecule is CN(C)c1ccc(C(F)(F)F)c(C2(CN)CCC2)c1. The largest absolute Gasteiger partial charge is 0.416 e. The Labute approximate surface area is 111 Å².